The van der Waals surface area contributed by atoms with Crippen molar-refractivity contribution < 1.29 is 19.0 Å². The molecule has 0 unspecified atom stereocenters. The first-order valence-electron chi connectivity index (χ1n) is 6.89. The Morgan fingerprint density at radius 3 is 3.00 bits per heavy atom. The summed E-state index contributed by atoms with van der Waals surface area (Å²) in [5, 5.41) is 15.4. The molecule has 0 saturated carbocycles. The van der Waals surface area contributed by atoms with Crippen LogP contribution in [0.3, 0.4) is 0 Å². The van der Waals surface area contributed by atoms with Gasteiger partial charge in [-0.2, -0.15) is 5.10 Å². The molecule has 0 fully saturated rings. The van der Waals surface area contributed by atoms with Gasteiger partial charge in [0.2, 0.25) is 0 Å². The van der Waals surface area contributed by atoms with E-state index >= 15 is 0 Å². The summed E-state index contributed by atoms with van der Waals surface area (Å²) in [6.45, 7) is 0.645. The van der Waals surface area contributed by atoms with Crippen LogP contribution in [0.2, 0.25) is 0 Å². The fraction of sp³-hybridized carbons (Fsp3) is 0.333. The van der Waals surface area contributed by atoms with Gasteiger partial charge in [-0.1, -0.05) is 6.07 Å². The van der Waals surface area contributed by atoms with Crippen LogP contribution in [-0.2, 0) is 6.61 Å². The maximum atomic E-state index is 13.0. The molecule has 2 aromatic rings. The number of ether oxygens (including phenoxy) is 1. The number of aromatic amines is 1. The summed E-state index contributed by atoms with van der Waals surface area (Å²) in [6.07, 6.45) is 0.516. The molecular formula is C15H18FN3O3. The lowest BCUT2D eigenvalue weighted by Crippen LogP contribution is -2.28. The standard InChI is InChI=1S/C15H18FN3O3/c1-19(6-3-7-20)15(21)14-9-12(17-18-14)10-22-13-5-2-4-11(16)8-13/h2,4-5,8-9,20H,3,6-7,10H2,1H3,(H,17,18). The fourth-order valence-corrected chi connectivity index (χ4v) is 1.87. The lowest BCUT2D eigenvalue weighted by Gasteiger charge is -2.14. The van der Waals surface area contributed by atoms with Gasteiger partial charge in [0.15, 0.2) is 5.69 Å². The molecular weight excluding hydrogens is 289 g/mol. The van der Waals surface area contributed by atoms with Crippen LogP contribution in [0.5, 0.6) is 5.75 Å². The van der Waals surface area contributed by atoms with Crippen LogP contribution in [0.4, 0.5) is 4.39 Å². The first-order chi connectivity index (χ1) is 10.6. The third kappa shape index (κ3) is 4.29. The molecule has 1 amide bonds. The number of H-pyrrole nitrogens is 1. The molecule has 22 heavy (non-hydrogen) atoms. The number of aliphatic hydroxyl groups is 1. The molecule has 0 aliphatic carbocycles. The van der Waals surface area contributed by atoms with Gasteiger partial charge in [0.25, 0.3) is 5.91 Å². The number of nitrogens with zero attached hydrogens (tertiary/aromatic N) is 2. The van der Waals surface area contributed by atoms with Gasteiger partial charge in [-0.25, -0.2) is 4.39 Å². The number of rotatable bonds is 7. The van der Waals surface area contributed by atoms with Crippen molar-refractivity contribution in [1.82, 2.24) is 15.1 Å². The molecule has 7 heteroatoms. The van der Waals surface area contributed by atoms with Gasteiger partial charge in [-0.05, 0) is 24.6 Å². The molecule has 0 aliphatic rings. The van der Waals surface area contributed by atoms with Crippen molar-refractivity contribution >= 4 is 5.91 Å². The Balaban J connectivity index is 1.92. The monoisotopic (exact) mass is 307 g/mol. The van der Waals surface area contributed by atoms with Gasteiger partial charge in [-0.15, -0.1) is 0 Å². The Bertz CT molecular complexity index is 630. The van der Waals surface area contributed by atoms with Crippen molar-refractivity contribution in [3.05, 3.63) is 47.5 Å². The molecule has 0 atom stereocenters. The minimum atomic E-state index is -0.372. The Morgan fingerprint density at radius 1 is 1.45 bits per heavy atom. The number of benzene rings is 1. The Labute approximate surface area is 127 Å². The second-order valence-corrected chi connectivity index (χ2v) is 4.83. The number of carbonyl (C=O) groups is 1. The molecule has 0 saturated heterocycles. The minimum absolute atomic E-state index is 0.0326. The van der Waals surface area contributed by atoms with Crippen molar-refractivity contribution in [2.75, 3.05) is 20.2 Å². The number of nitrogens with one attached hydrogen (secondary N) is 1. The lowest BCUT2D eigenvalue weighted by molar-refractivity contribution is 0.0780. The minimum Gasteiger partial charge on any atom is -0.487 e. The molecule has 118 valence electrons. The van der Waals surface area contributed by atoms with E-state index in [1.165, 1.54) is 17.0 Å². The topological polar surface area (TPSA) is 78.5 Å². The van der Waals surface area contributed by atoms with Crippen LogP contribution in [0.15, 0.2) is 30.3 Å². The molecule has 0 spiro atoms. The normalized spacial score (nSPS) is 10.5. The van der Waals surface area contributed by atoms with Crippen LogP contribution < -0.4 is 4.74 Å². The third-order valence-electron chi connectivity index (χ3n) is 3.04. The summed E-state index contributed by atoms with van der Waals surface area (Å²) in [7, 11) is 1.65. The zero-order valence-corrected chi connectivity index (χ0v) is 12.3. The van der Waals surface area contributed by atoms with E-state index in [0.717, 1.165) is 0 Å². The van der Waals surface area contributed by atoms with Crippen molar-refractivity contribution in [2.24, 2.45) is 0 Å². The zero-order chi connectivity index (χ0) is 15.9. The highest BCUT2D eigenvalue weighted by molar-refractivity contribution is 5.92. The molecule has 2 N–H and O–H groups in total. The highest BCUT2D eigenvalue weighted by Gasteiger charge is 2.15. The summed E-state index contributed by atoms with van der Waals surface area (Å²) in [5.41, 5.74) is 0.890. The summed E-state index contributed by atoms with van der Waals surface area (Å²) in [4.78, 5) is 13.5. The summed E-state index contributed by atoms with van der Waals surface area (Å²) in [5.74, 6) is -0.201. The summed E-state index contributed by atoms with van der Waals surface area (Å²) in [6, 6.07) is 7.42. The smallest absolute Gasteiger partial charge is 0.274 e. The first-order valence-corrected chi connectivity index (χ1v) is 6.89. The number of carbonyl (C=O) groups excluding carboxylic acids is 1. The largest absolute Gasteiger partial charge is 0.487 e. The molecule has 2 rings (SSSR count). The molecule has 1 aromatic heterocycles. The number of aliphatic hydroxyl groups excluding tert-OH is 1. The van der Waals surface area contributed by atoms with Gasteiger partial charge < -0.3 is 14.7 Å². The Morgan fingerprint density at radius 2 is 2.27 bits per heavy atom. The van der Waals surface area contributed by atoms with Gasteiger partial charge in [0.05, 0.1) is 5.69 Å². The Kier molecular flexibility index (Phi) is 5.48. The van der Waals surface area contributed by atoms with E-state index in [1.54, 1.807) is 25.2 Å². The lowest BCUT2D eigenvalue weighted by atomic mass is 10.3. The zero-order valence-electron chi connectivity index (χ0n) is 12.3. The van der Waals surface area contributed by atoms with E-state index in [9.17, 15) is 9.18 Å². The van der Waals surface area contributed by atoms with Crippen LogP contribution >= 0.6 is 0 Å². The number of hydrogen-bond acceptors (Lipinski definition) is 4. The molecule has 0 radical (unpaired) electrons. The van der Waals surface area contributed by atoms with Crippen molar-refractivity contribution in [1.29, 1.82) is 0 Å². The maximum Gasteiger partial charge on any atom is 0.274 e. The van der Waals surface area contributed by atoms with Gasteiger partial charge >= 0.3 is 0 Å². The van der Waals surface area contributed by atoms with Crippen molar-refractivity contribution in [2.45, 2.75) is 13.0 Å². The van der Waals surface area contributed by atoms with E-state index < -0.39 is 0 Å². The fourth-order valence-electron chi connectivity index (χ4n) is 1.87. The molecule has 0 aliphatic heterocycles. The van der Waals surface area contributed by atoms with Crippen LogP contribution in [0.1, 0.15) is 22.6 Å². The molecule has 6 nitrogen and oxygen atoms in total. The number of halogens is 1. The number of hydrogen-bond donors (Lipinski definition) is 2. The average molecular weight is 307 g/mol. The van der Waals surface area contributed by atoms with E-state index in [2.05, 4.69) is 10.2 Å². The van der Waals surface area contributed by atoms with Crippen LogP contribution in [0, 0.1) is 5.82 Å². The van der Waals surface area contributed by atoms with Gasteiger partial charge in [-0.3, -0.25) is 9.89 Å². The highest BCUT2D eigenvalue weighted by Crippen LogP contribution is 2.14. The van der Waals surface area contributed by atoms with E-state index in [4.69, 9.17) is 9.84 Å². The predicted molar refractivity (Wildman–Crippen MR) is 78.0 cm³/mol. The highest BCUT2D eigenvalue weighted by atomic mass is 19.1. The van der Waals surface area contributed by atoms with E-state index in [1.807, 2.05) is 0 Å². The van der Waals surface area contributed by atoms with Crippen molar-refractivity contribution in [3.63, 3.8) is 0 Å². The second-order valence-electron chi connectivity index (χ2n) is 4.83. The Hall–Kier alpha value is -2.41. The summed E-state index contributed by atoms with van der Waals surface area (Å²) >= 11 is 0. The molecule has 1 heterocycles. The van der Waals surface area contributed by atoms with E-state index in [0.29, 0.717) is 24.4 Å². The number of amides is 1. The van der Waals surface area contributed by atoms with Crippen molar-refractivity contribution in [3.8, 4) is 5.75 Å². The number of aromatic nitrogens is 2. The molecule has 1 aromatic carbocycles. The predicted octanol–water partition coefficient (Wildman–Crippen LogP) is 1.58. The quantitative estimate of drug-likeness (QED) is 0.814. The van der Waals surface area contributed by atoms with E-state index in [-0.39, 0.29) is 30.6 Å². The second kappa shape index (κ2) is 7.56. The van der Waals surface area contributed by atoms with Gasteiger partial charge in [0, 0.05) is 26.3 Å². The van der Waals surface area contributed by atoms with Crippen LogP contribution in [-0.4, -0.2) is 46.3 Å². The van der Waals surface area contributed by atoms with Gasteiger partial charge in [0.1, 0.15) is 18.2 Å². The SMILES string of the molecule is CN(CCCO)C(=O)c1cc(COc2cccc(F)c2)[nH]n1. The summed E-state index contributed by atoms with van der Waals surface area (Å²) < 4.78 is 18.4. The molecule has 0 bridgehead atoms. The third-order valence-corrected chi connectivity index (χ3v) is 3.04. The van der Waals surface area contributed by atoms with Crippen LogP contribution in [0.25, 0.3) is 0 Å². The maximum absolute atomic E-state index is 13.0. The average Bonchev–Trinajstić information content (AvgIpc) is 2.99. The first kappa shape index (κ1) is 16.0.